The third-order valence-electron chi connectivity index (χ3n) is 6.95. The Morgan fingerprint density at radius 3 is 2.34 bits per heavy atom. The van der Waals surface area contributed by atoms with Crippen molar-refractivity contribution in [2.45, 2.75) is 51.4 Å². The minimum absolute atomic E-state index is 0.0280. The molecular formula is C32H37NO5. The summed E-state index contributed by atoms with van der Waals surface area (Å²) in [5, 5.41) is 2.92. The number of rotatable bonds is 12. The lowest BCUT2D eigenvalue weighted by Crippen LogP contribution is -2.23. The van der Waals surface area contributed by atoms with Crippen molar-refractivity contribution in [3.63, 3.8) is 0 Å². The largest absolute Gasteiger partial charge is 0.494 e. The fourth-order valence-corrected chi connectivity index (χ4v) is 4.98. The van der Waals surface area contributed by atoms with Crippen molar-refractivity contribution in [1.82, 2.24) is 5.32 Å². The van der Waals surface area contributed by atoms with Gasteiger partial charge in [0.05, 0.1) is 25.9 Å². The van der Waals surface area contributed by atoms with Crippen LogP contribution in [0, 0.1) is 0 Å². The van der Waals surface area contributed by atoms with Gasteiger partial charge in [-0.3, -0.25) is 4.79 Å². The molecule has 3 aromatic carbocycles. The van der Waals surface area contributed by atoms with Crippen molar-refractivity contribution < 1.29 is 23.8 Å². The van der Waals surface area contributed by atoms with Crippen LogP contribution < -0.4 is 14.8 Å². The summed E-state index contributed by atoms with van der Waals surface area (Å²) in [6.07, 6.45) is 6.20. The van der Waals surface area contributed by atoms with Crippen molar-refractivity contribution >= 4 is 11.9 Å². The van der Waals surface area contributed by atoms with Crippen LogP contribution in [0.4, 0.5) is 0 Å². The van der Waals surface area contributed by atoms with Crippen molar-refractivity contribution in [3.05, 3.63) is 83.4 Å². The molecule has 38 heavy (non-hydrogen) atoms. The Kier molecular flexibility index (Phi) is 9.79. The van der Waals surface area contributed by atoms with Gasteiger partial charge in [0.2, 0.25) is 5.91 Å². The van der Waals surface area contributed by atoms with Crippen molar-refractivity contribution in [2.24, 2.45) is 0 Å². The molecule has 0 heterocycles. The van der Waals surface area contributed by atoms with E-state index < -0.39 is 0 Å². The van der Waals surface area contributed by atoms with E-state index in [1.54, 1.807) is 13.0 Å². The number of carbonyl (C=O) groups is 2. The van der Waals surface area contributed by atoms with Gasteiger partial charge in [0, 0.05) is 13.5 Å². The van der Waals surface area contributed by atoms with E-state index in [4.69, 9.17) is 14.2 Å². The molecule has 1 N–H and O–H groups in total. The first kappa shape index (κ1) is 27.2. The second-order valence-corrected chi connectivity index (χ2v) is 9.73. The van der Waals surface area contributed by atoms with E-state index in [0.717, 1.165) is 54.7 Å². The standard InChI is InChI=1S/C32H37NO5/c1-23(34)33-17-16-25-9-5-8-24-14-15-30(22-31(24)25)38-19-4-3-18-37-29-13-7-11-27(21-29)26-10-6-12-28(20-26)32(35)36-2/h6-7,10-15,20-22,25H,3-5,8-9,16-19H2,1-2H3,(H,33,34). The lowest BCUT2D eigenvalue weighted by Gasteiger charge is -2.26. The maximum atomic E-state index is 11.8. The summed E-state index contributed by atoms with van der Waals surface area (Å²) in [5.74, 6) is 1.87. The van der Waals surface area contributed by atoms with Gasteiger partial charge in [0.1, 0.15) is 11.5 Å². The third kappa shape index (κ3) is 7.60. The Hall–Kier alpha value is -3.80. The smallest absolute Gasteiger partial charge is 0.337 e. The first-order valence-corrected chi connectivity index (χ1v) is 13.4. The Morgan fingerprint density at radius 1 is 0.895 bits per heavy atom. The maximum Gasteiger partial charge on any atom is 0.337 e. The number of esters is 1. The van der Waals surface area contributed by atoms with Gasteiger partial charge in [-0.15, -0.1) is 0 Å². The summed E-state index contributed by atoms with van der Waals surface area (Å²) >= 11 is 0. The molecule has 1 aliphatic carbocycles. The molecule has 6 nitrogen and oxygen atoms in total. The van der Waals surface area contributed by atoms with Crippen molar-refractivity contribution in [1.29, 1.82) is 0 Å². The number of nitrogens with one attached hydrogen (secondary N) is 1. The highest BCUT2D eigenvalue weighted by atomic mass is 16.5. The molecule has 0 aromatic heterocycles. The molecule has 0 saturated carbocycles. The van der Waals surface area contributed by atoms with Crippen molar-refractivity contribution in [3.8, 4) is 22.6 Å². The van der Waals surface area contributed by atoms with Gasteiger partial charge < -0.3 is 19.5 Å². The molecule has 200 valence electrons. The number of carbonyl (C=O) groups excluding carboxylic acids is 2. The van der Waals surface area contributed by atoms with Crippen LogP contribution in [-0.4, -0.2) is 38.7 Å². The van der Waals surface area contributed by atoms with Crippen LogP contribution in [0.3, 0.4) is 0 Å². The number of ether oxygens (including phenoxy) is 3. The van der Waals surface area contributed by atoms with Gasteiger partial charge in [0.15, 0.2) is 0 Å². The molecule has 0 bridgehead atoms. The van der Waals surface area contributed by atoms with Crippen LogP contribution in [0.25, 0.3) is 11.1 Å². The summed E-state index contributed by atoms with van der Waals surface area (Å²) in [6, 6.07) is 21.8. The average molecular weight is 516 g/mol. The van der Waals surface area contributed by atoms with Crippen LogP contribution in [0.5, 0.6) is 11.5 Å². The zero-order chi connectivity index (χ0) is 26.7. The van der Waals surface area contributed by atoms with E-state index in [2.05, 4.69) is 23.5 Å². The maximum absolute atomic E-state index is 11.8. The predicted octanol–water partition coefficient (Wildman–Crippen LogP) is 6.32. The van der Waals surface area contributed by atoms with E-state index in [0.29, 0.717) is 31.2 Å². The van der Waals surface area contributed by atoms with Crippen LogP contribution in [-0.2, 0) is 16.0 Å². The van der Waals surface area contributed by atoms with Gasteiger partial charge in [-0.05, 0) is 103 Å². The molecule has 1 unspecified atom stereocenters. The Balaban J connectivity index is 1.23. The molecule has 0 fully saturated rings. The lowest BCUT2D eigenvalue weighted by molar-refractivity contribution is -0.118. The number of methoxy groups -OCH3 is 1. The number of unbranched alkanes of at least 4 members (excludes halogenated alkanes) is 1. The summed E-state index contributed by atoms with van der Waals surface area (Å²) in [4.78, 5) is 23.1. The highest BCUT2D eigenvalue weighted by molar-refractivity contribution is 5.91. The number of benzene rings is 3. The zero-order valence-electron chi connectivity index (χ0n) is 22.3. The SMILES string of the molecule is COC(=O)c1cccc(-c2cccc(OCCCCOc3ccc4c(c3)C(CCNC(C)=O)CCC4)c2)c1. The predicted molar refractivity (Wildman–Crippen MR) is 149 cm³/mol. The Morgan fingerprint density at radius 2 is 1.61 bits per heavy atom. The van der Waals surface area contributed by atoms with Gasteiger partial charge in [0.25, 0.3) is 0 Å². The molecular weight excluding hydrogens is 478 g/mol. The van der Waals surface area contributed by atoms with Crippen LogP contribution in [0.2, 0.25) is 0 Å². The molecule has 0 spiro atoms. The first-order chi connectivity index (χ1) is 18.5. The topological polar surface area (TPSA) is 73.9 Å². The molecule has 1 amide bonds. The second kappa shape index (κ2) is 13.7. The first-order valence-electron chi connectivity index (χ1n) is 13.4. The third-order valence-corrected chi connectivity index (χ3v) is 6.95. The minimum atomic E-state index is -0.348. The fourth-order valence-electron chi connectivity index (χ4n) is 4.98. The number of amides is 1. The summed E-state index contributed by atoms with van der Waals surface area (Å²) in [6.45, 7) is 3.52. The van der Waals surface area contributed by atoms with E-state index >= 15 is 0 Å². The second-order valence-electron chi connectivity index (χ2n) is 9.73. The van der Waals surface area contributed by atoms with Crippen LogP contribution in [0.15, 0.2) is 66.7 Å². The molecule has 0 aliphatic heterocycles. The Bertz CT molecular complexity index is 1240. The minimum Gasteiger partial charge on any atom is -0.494 e. The summed E-state index contributed by atoms with van der Waals surface area (Å²) in [5.41, 5.74) is 5.23. The van der Waals surface area contributed by atoms with Gasteiger partial charge in [-0.2, -0.15) is 0 Å². The highest BCUT2D eigenvalue weighted by Gasteiger charge is 2.20. The molecule has 3 aromatic rings. The van der Waals surface area contributed by atoms with Gasteiger partial charge in [-0.1, -0.05) is 30.3 Å². The summed E-state index contributed by atoms with van der Waals surface area (Å²) < 4.78 is 16.9. The number of hydrogen-bond acceptors (Lipinski definition) is 5. The van der Waals surface area contributed by atoms with E-state index in [-0.39, 0.29) is 11.9 Å². The Labute approximate surface area is 225 Å². The van der Waals surface area contributed by atoms with Gasteiger partial charge in [-0.25, -0.2) is 4.79 Å². The lowest BCUT2D eigenvalue weighted by atomic mass is 9.81. The van der Waals surface area contributed by atoms with Crippen LogP contribution in [0.1, 0.15) is 66.4 Å². The van der Waals surface area contributed by atoms with E-state index in [9.17, 15) is 9.59 Å². The molecule has 4 rings (SSSR count). The van der Waals surface area contributed by atoms with E-state index in [1.165, 1.54) is 24.7 Å². The molecule has 0 radical (unpaired) electrons. The van der Waals surface area contributed by atoms with Crippen molar-refractivity contribution in [2.75, 3.05) is 26.9 Å². The molecule has 1 aliphatic rings. The van der Waals surface area contributed by atoms with E-state index in [1.807, 2.05) is 42.5 Å². The average Bonchev–Trinajstić information content (AvgIpc) is 2.94. The quantitative estimate of drug-likeness (QED) is 0.226. The number of aryl methyl sites for hydroxylation is 1. The fraction of sp³-hybridized carbons (Fsp3) is 0.375. The summed E-state index contributed by atoms with van der Waals surface area (Å²) in [7, 11) is 1.38. The van der Waals surface area contributed by atoms with Crippen LogP contribution >= 0.6 is 0 Å². The zero-order valence-corrected chi connectivity index (χ0v) is 22.3. The molecule has 6 heteroatoms. The normalized spacial score (nSPS) is 14.3. The highest BCUT2D eigenvalue weighted by Crippen LogP contribution is 2.36. The van der Waals surface area contributed by atoms with Gasteiger partial charge >= 0.3 is 5.97 Å². The number of hydrogen-bond donors (Lipinski definition) is 1. The molecule has 0 saturated heterocycles. The molecule has 1 atom stereocenters. The monoisotopic (exact) mass is 515 g/mol. The number of fused-ring (bicyclic) bond motifs is 1.